The van der Waals surface area contributed by atoms with Crippen molar-refractivity contribution in [3.8, 4) is 0 Å². The second kappa shape index (κ2) is 4.13. The lowest BCUT2D eigenvalue weighted by Crippen LogP contribution is -2.29. The molecule has 0 spiro atoms. The molecular formula is C10H16N4O2. The number of nitrogens with two attached hydrogens (primary N) is 1. The van der Waals surface area contributed by atoms with Crippen molar-refractivity contribution in [1.29, 1.82) is 0 Å². The van der Waals surface area contributed by atoms with Gasteiger partial charge < -0.3 is 5.73 Å². The zero-order chi connectivity index (χ0) is 11.7. The number of hydrogen-bond donors (Lipinski definition) is 1. The molecule has 0 atom stereocenters. The van der Waals surface area contributed by atoms with Crippen LogP contribution >= 0.6 is 0 Å². The minimum atomic E-state index is -0.204. The fourth-order valence-corrected chi connectivity index (χ4v) is 1.84. The third-order valence-corrected chi connectivity index (χ3v) is 2.68. The maximum absolute atomic E-state index is 12.1. The molecule has 0 bridgehead atoms. The maximum atomic E-state index is 12.1. The van der Waals surface area contributed by atoms with Crippen LogP contribution in [0.4, 0.5) is 5.69 Å². The molecule has 6 nitrogen and oxygen atoms in total. The molecule has 0 radical (unpaired) electrons. The number of aryl methyl sites for hydroxylation is 2. The number of carbonyl (C=O) groups is 1. The lowest BCUT2D eigenvalue weighted by molar-refractivity contribution is -0.0773. The number of anilines is 1. The first-order chi connectivity index (χ1) is 7.65. The van der Waals surface area contributed by atoms with Gasteiger partial charge in [-0.3, -0.25) is 14.3 Å². The summed E-state index contributed by atoms with van der Waals surface area (Å²) < 4.78 is 1.53. The molecule has 1 saturated heterocycles. The highest BCUT2D eigenvalue weighted by atomic mass is 16.7. The van der Waals surface area contributed by atoms with Gasteiger partial charge in [-0.25, -0.2) is 5.06 Å². The highest BCUT2D eigenvalue weighted by Gasteiger charge is 2.27. The summed E-state index contributed by atoms with van der Waals surface area (Å²) in [4.78, 5) is 17.3. The molecule has 1 aliphatic heterocycles. The van der Waals surface area contributed by atoms with Crippen LogP contribution in [0.3, 0.4) is 0 Å². The number of nitrogens with zero attached hydrogens (tertiary/aromatic N) is 3. The van der Waals surface area contributed by atoms with Gasteiger partial charge in [0.15, 0.2) is 5.69 Å². The van der Waals surface area contributed by atoms with Crippen LogP contribution in [0.25, 0.3) is 0 Å². The summed E-state index contributed by atoms with van der Waals surface area (Å²) >= 11 is 0. The highest BCUT2D eigenvalue weighted by molar-refractivity contribution is 5.97. The van der Waals surface area contributed by atoms with E-state index < -0.39 is 0 Å². The van der Waals surface area contributed by atoms with E-state index in [0.717, 1.165) is 12.1 Å². The molecule has 6 heteroatoms. The smallest absolute Gasteiger partial charge is 0.297 e. The van der Waals surface area contributed by atoms with Crippen LogP contribution in [0.2, 0.25) is 0 Å². The number of rotatable bonds is 2. The average molecular weight is 224 g/mol. The Labute approximate surface area is 93.9 Å². The summed E-state index contributed by atoms with van der Waals surface area (Å²) in [5.74, 6) is -0.204. The van der Waals surface area contributed by atoms with Gasteiger partial charge in [-0.05, 0) is 12.8 Å². The number of amides is 1. The molecule has 0 aromatic carbocycles. The van der Waals surface area contributed by atoms with Gasteiger partial charge in [0.1, 0.15) is 0 Å². The fraction of sp³-hybridized carbons (Fsp3) is 0.600. The molecule has 1 amide bonds. The Bertz CT molecular complexity index is 407. The summed E-state index contributed by atoms with van der Waals surface area (Å²) in [6.45, 7) is 3.16. The van der Waals surface area contributed by atoms with Gasteiger partial charge in [0, 0.05) is 7.05 Å². The predicted octanol–water partition coefficient (Wildman–Crippen LogP) is 0.342. The number of hydroxylamine groups is 2. The van der Waals surface area contributed by atoms with Crippen LogP contribution in [-0.2, 0) is 18.3 Å². The van der Waals surface area contributed by atoms with Crippen LogP contribution in [0.1, 0.15) is 29.5 Å². The van der Waals surface area contributed by atoms with Gasteiger partial charge in [-0.1, -0.05) is 6.92 Å². The van der Waals surface area contributed by atoms with Crippen LogP contribution in [0.5, 0.6) is 0 Å². The summed E-state index contributed by atoms with van der Waals surface area (Å²) in [7, 11) is 1.72. The summed E-state index contributed by atoms with van der Waals surface area (Å²) in [6, 6.07) is 0. The standard InChI is InChI=1S/C10H16N4O2/c1-3-7-8(11)9(13(2)12-7)10(15)14-5-4-6-16-14/h3-6,11H2,1-2H3. The molecule has 1 aromatic rings. The first kappa shape index (κ1) is 10.9. The lowest BCUT2D eigenvalue weighted by Gasteiger charge is -2.13. The largest absolute Gasteiger partial charge is 0.395 e. The lowest BCUT2D eigenvalue weighted by atomic mass is 10.2. The molecule has 2 rings (SSSR count). The topological polar surface area (TPSA) is 73.4 Å². The van der Waals surface area contributed by atoms with Gasteiger partial charge >= 0.3 is 0 Å². The van der Waals surface area contributed by atoms with Crippen molar-refractivity contribution in [2.75, 3.05) is 18.9 Å². The molecule has 0 saturated carbocycles. The number of carbonyl (C=O) groups excluding carboxylic acids is 1. The molecule has 16 heavy (non-hydrogen) atoms. The molecular weight excluding hydrogens is 208 g/mol. The number of aromatic nitrogens is 2. The Morgan fingerprint density at radius 2 is 2.38 bits per heavy atom. The van der Waals surface area contributed by atoms with Crippen LogP contribution in [0.15, 0.2) is 0 Å². The first-order valence-electron chi connectivity index (χ1n) is 5.41. The van der Waals surface area contributed by atoms with E-state index in [9.17, 15) is 4.79 Å². The summed E-state index contributed by atoms with van der Waals surface area (Å²) in [5, 5.41) is 5.56. The Morgan fingerprint density at radius 3 is 2.88 bits per heavy atom. The van der Waals surface area contributed by atoms with E-state index in [1.54, 1.807) is 7.05 Å². The van der Waals surface area contributed by atoms with Crippen LogP contribution in [-0.4, -0.2) is 33.9 Å². The van der Waals surface area contributed by atoms with Crippen molar-refractivity contribution in [2.45, 2.75) is 19.8 Å². The van der Waals surface area contributed by atoms with Gasteiger partial charge in [-0.15, -0.1) is 0 Å². The monoisotopic (exact) mass is 224 g/mol. The van der Waals surface area contributed by atoms with Crippen LogP contribution in [0, 0.1) is 0 Å². The maximum Gasteiger partial charge on any atom is 0.297 e. The number of hydrogen-bond acceptors (Lipinski definition) is 4. The third-order valence-electron chi connectivity index (χ3n) is 2.68. The first-order valence-corrected chi connectivity index (χ1v) is 5.41. The SMILES string of the molecule is CCc1nn(C)c(C(=O)N2CCCO2)c1N. The Balaban J connectivity index is 2.32. The average Bonchev–Trinajstić information content (AvgIpc) is 2.86. The van der Waals surface area contributed by atoms with Gasteiger partial charge in [-0.2, -0.15) is 5.10 Å². The van der Waals surface area contributed by atoms with E-state index in [2.05, 4.69) is 5.10 Å². The van der Waals surface area contributed by atoms with Gasteiger partial charge in [0.05, 0.1) is 24.5 Å². The molecule has 1 fully saturated rings. The Kier molecular flexibility index (Phi) is 2.82. The molecule has 1 aromatic heterocycles. The zero-order valence-corrected chi connectivity index (χ0v) is 9.56. The second-order valence-electron chi connectivity index (χ2n) is 3.78. The van der Waals surface area contributed by atoms with E-state index in [1.807, 2.05) is 6.92 Å². The van der Waals surface area contributed by atoms with E-state index in [1.165, 1.54) is 9.75 Å². The fourth-order valence-electron chi connectivity index (χ4n) is 1.84. The quantitative estimate of drug-likeness (QED) is 0.786. The minimum absolute atomic E-state index is 0.204. The normalized spacial score (nSPS) is 15.8. The molecule has 2 heterocycles. The van der Waals surface area contributed by atoms with Gasteiger partial charge in [0.25, 0.3) is 5.91 Å². The van der Waals surface area contributed by atoms with Gasteiger partial charge in [0.2, 0.25) is 0 Å². The van der Waals surface area contributed by atoms with Crippen LogP contribution < -0.4 is 5.73 Å². The van der Waals surface area contributed by atoms with E-state index in [-0.39, 0.29) is 5.91 Å². The van der Waals surface area contributed by atoms with Crippen molar-refractivity contribution < 1.29 is 9.63 Å². The van der Waals surface area contributed by atoms with Crippen molar-refractivity contribution in [3.63, 3.8) is 0 Å². The Morgan fingerprint density at radius 1 is 1.62 bits per heavy atom. The Hall–Kier alpha value is -1.56. The summed E-state index contributed by atoms with van der Waals surface area (Å²) in [5.41, 5.74) is 7.53. The summed E-state index contributed by atoms with van der Waals surface area (Å²) in [6.07, 6.45) is 1.58. The molecule has 0 unspecified atom stereocenters. The predicted molar refractivity (Wildman–Crippen MR) is 58.6 cm³/mol. The molecule has 1 aliphatic rings. The van der Waals surface area contributed by atoms with Crippen molar-refractivity contribution in [1.82, 2.24) is 14.8 Å². The molecule has 88 valence electrons. The van der Waals surface area contributed by atoms with Crippen molar-refractivity contribution >= 4 is 11.6 Å². The zero-order valence-electron chi connectivity index (χ0n) is 9.56. The molecule has 0 aliphatic carbocycles. The minimum Gasteiger partial charge on any atom is -0.395 e. The number of nitrogen functional groups attached to an aromatic ring is 1. The third kappa shape index (κ3) is 1.65. The highest BCUT2D eigenvalue weighted by Crippen LogP contribution is 2.20. The van der Waals surface area contributed by atoms with E-state index >= 15 is 0 Å². The van der Waals surface area contributed by atoms with Crippen molar-refractivity contribution in [3.05, 3.63) is 11.4 Å². The van der Waals surface area contributed by atoms with E-state index in [0.29, 0.717) is 31.0 Å². The molecule has 2 N–H and O–H groups in total. The second-order valence-corrected chi connectivity index (χ2v) is 3.78. The van der Waals surface area contributed by atoms with E-state index in [4.69, 9.17) is 10.6 Å². The van der Waals surface area contributed by atoms with Crippen molar-refractivity contribution in [2.24, 2.45) is 7.05 Å².